The lowest BCUT2D eigenvalue weighted by atomic mass is 10.2. The van der Waals surface area contributed by atoms with Crippen molar-refractivity contribution in [3.05, 3.63) is 71.0 Å². The van der Waals surface area contributed by atoms with E-state index in [2.05, 4.69) is 15.6 Å². The topological polar surface area (TPSA) is 86.1 Å². The summed E-state index contributed by atoms with van der Waals surface area (Å²) in [6, 6.07) is 17.9. The van der Waals surface area contributed by atoms with Crippen LogP contribution in [0, 0.1) is 0 Å². The molecule has 30 heavy (non-hydrogen) atoms. The number of thiophene rings is 1. The molecular weight excluding hydrogens is 400 g/mol. The predicted molar refractivity (Wildman–Crippen MR) is 118 cm³/mol. The van der Waals surface area contributed by atoms with Gasteiger partial charge in [-0.25, -0.2) is 0 Å². The zero-order valence-corrected chi connectivity index (χ0v) is 17.3. The van der Waals surface area contributed by atoms with E-state index in [-0.39, 0.29) is 11.5 Å². The number of rotatable bonds is 6. The van der Waals surface area contributed by atoms with Crippen LogP contribution in [0.4, 0.5) is 5.69 Å². The number of benzene rings is 2. The quantitative estimate of drug-likeness (QED) is 0.507. The van der Waals surface area contributed by atoms with Crippen molar-refractivity contribution >= 4 is 33.1 Å². The summed E-state index contributed by atoms with van der Waals surface area (Å²) in [5, 5.41) is 11.4. The number of carbonyl (C=O) groups excluding carboxylic acids is 1. The Morgan fingerprint density at radius 1 is 1.17 bits per heavy atom. The lowest BCUT2D eigenvalue weighted by molar-refractivity contribution is -0.119. The molecule has 1 N–H and O–H groups in total. The molecule has 0 radical (unpaired) electrons. The van der Waals surface area contributed by atoms with Crippen molar-refractivity contribution < 1.29 is 9.53 Å². The summed E-state index contributed by atoms with van der Waals surface area (Å²) >= 11 is 1.40. The highest BCUT2D eigenvalue weighted by Gasteiger charge is 2.21. The van der Waals surface area contributed by atoms with E-state index in [1.54, 1.807) is 31.2 Å². The fourth-order valence-corrected chi connectivity index (χ4v) is 4.03. The summed E-state index contributed by atoms with van der Waals surface area (Å²) in [5.74, 6) is 0.191. The SMILES string of the molecule is CCOc1ccccc1NC(=O)[C@@H](C)n1nnc2sc(-c3ccccc3)cc2c1=O. The molecule has 2 aromatic carbocycles. The van der Waals surface area contributed by atoms with Gasteiger partial charge < -0.3 is 10.1 Å². The summed E-state index contributed by atoms with van der Waals surface area (Å²) in [6.07, 6.45) is 0. The summed E-state index contributed by atoms with van der Waals surface area (Å²) in [5.41, 5.74) is 1.20. The largest absolute Gasteiger partial charge is 0.492 e. The maximum absolute atomic E-state index is 13.0. The molecule has 0 aliphatic rings. The molecule has 1 amide bonds. The first kappa shape index (κ1) is 19.8. The van der Waals surface area contributed by atoms with Gasteiger partial charge in [0.15, 0.2) is 4.83 Å². The van der Waals surface area contributed by atoms with Gasteiger partial charge in [-0.15, -0.1) is 16.4 Å². The standard InChI is InChI=1S/C22H20N4O3S/c1-3-29-18-12-8-7-11-17(18)23-20(27)14(2)26-22(28)16-13-19(30-21(16)24-25-26)15-9-5-4-6-10-15/h4-14H,3H2,1-2H3,(H,23,27)/t14-/m1/s1. The normalized spacial score (nSPS) is 11.9. The Bertz CT molecular complexity index is 1250. The Labute approximate surface area is 176 Å². The number of hydrogen-bond donors (Lipinski definition) is 1. The van der Waals surface area contributed by atoms with E-state index >= 15 is 0 Å². The van der Waals surface area contributed by atoms with E-state index in [1.807, 2.05) is 43.3 Å². The van der Waals surface area contributed by atoms with Gasteiger partial charge in [-0.2, -0.15) is 4.68 Å². The smallest absolute Gasteiger partial charge is 0.279 e. The molecule has 1 atom stereocenters. The third-order valence-corrected chi connectivity index (χ3v) is 5.70. The Balaban J connectivity index is 1.63. The molecule has 0 aliphatic carbocycles. The van der Waals surface area contributed by atoms with Crippen LogP contribution in [0.2, 0.25) is 0 Å². The molecule has 0 unspecified atom stereocenters. The molecule has 0 bridgehead atoms. The van der Waals surface area contributed by atoms with Gasteiger partial charge in [0, 0.05) is 4.88 Å². The average molecular weight is 420 g/mol. The fourth-order valence-electron chi connectivity index (χ4n) is 3.06. The van der Waals surface area contributed by atoms with Crippen LogP contribution >= 0.6 is 11.3 Å². The number of fused-ring (bicyclic) bond motifs is 1. The van der Waals surface area contributed by atoms with Crippen LogP contribution in [-0.4, -0.2) is 27.5 Å². The highest BCUT2D eigenvalue weighted by Crippen LogP contribution is 2.30. The van der Waals surface area contributed by atoms with Crippen molar-refractivity contribution in [1.29, 1.82) is 0 Å². The maximum atomic E-state index is 13.0. The van der Waals surface area contributed by atoms with E-state index in [4.69, 9.17) is 4.74 Å². The van der Waals surface area contributed by atoms with Crippen LogP contribution in [-0.2, 0) is 4.79 Å². The first-order valence-corrected chi connectivity index (χ1v) is 10.4. The van der Waals surface area contributed by atoms with Crippen LogP contribution < -0.4 is 15.6 Å². The second-order valence-electron chi connectivity index (χ2n) is 6.63. The Morgan fingerprint density at radius 2 is 1.90 bits per heavy atom. The van der Waals surface area contributed by atoms with E-state index in [9.17, 15) is 9.59 Å². The molecule has 0 saturated carbocycles. The van der Waals surface area contributed by atoms with Gasteiger partial charge in [-0.05, 0) is 37.6 Å². The van der Waals surface area contributed by atoms with Crippen molar-refractivity contribution in [1.82, 2.24) is 15.0 Å². The lowest BCUT2D eigenvalue weighted by Gasteiger charge is -2.15. The van der Waals surface area contributed by atoms with Gasteiger partial charge in [0.05, 0.1) is 17.7 Å². The van der Waals surface area contributed by atoms with Gasteiger partial charge in [-0.3, -0.25) is 9.59 Å². The maximum Gasteiger partial charge on any atom is 0.279 e. The third-order valence-electron chi connectivity index (χ3n) is 4.63. The van der Waals surface area contributed by atoms with E-state index in [1.165, 1.54) is 11.3 Å². The Hall–Kier alpha value is -3.52. The van der Waals surface area contributed by atoms with Crippen LogP contribution in [0.25, 0.3) is 20.7 Å². The number of amides is 1. The minimum absolute atomic E-state index is 0.348. The highest BCUT2D eigenvalue weighted by atomic mass is 32.1. The number of para-hydroxylation sites is 2. The monoisotopic (exact) mass is 420 g/mol. The van der Waals surface area contributed by atoms with Crippen molar-refractivity contribution in [2.24, 2.45) is 0 Å². The van der Waals surface area contributed by atoms with Crippen LogP contribution in [0.5, 0.6) is 5.75 Å². The molecular formula is C22H20N4O3S. The Morgan fingerprint density at radius 3 is 2.67 bits per heavy atom. The lowest BCUT2D eigenvalue weighted by Crippen LogP contribution is -2.34. The fraction of sp³-hybridized carbons (Fsp3) is 0.182. The molecule has 2 aromatic heterocycles. The summed E-state index contributed by atoms with van der Waals surface area (Å²) < 4.78 is 6.65. The first-order valence-electron chi connectivity index (χ1n) is 9.55. The van der Waals surface area contributed by atoms with Gasteiger partial charge in [0.1, 0.15) is 11.8 Å². The minimum Gasteiger partial charge on any atom is -0.492 e. The third kappa shape index (κ3) is 3.81. The van der Waals surface area contributed by atoms with Crippen LogP contribution in [0.15, 0.2) is 65.5 Å². The molecule has 0 fully saturated rings. The number of nitrogens with one attached hydrogen (secondary N) is 1. The van der Waals surface area contributed by atoms with Crippen molar-refractivity contribution in [3.8, 4) is 16.2 Å². The number of aromatic nitrogens is 3. The Kier molecular flexibility index (Phi) is 5.58. The van der Waals surface area contributed by atoms with Crippen LogP contribution in [0.3, 0.4) is 0 Å². The molecule has 2 heterocycles. The molecule has 4 aromatic rings. The molecule has 4 rings (SSSR count). The van der Waals surface area contributed by atoms with Crippen molar-refractivity contribution in [3.63, 3.8) is 0 Å². The number of anilines is 1. The summed E-state index contributed by atoms with van der Waals surface area (Å²) in [7, 11) is 0. The zero-order valence-electron chi connectivity index (χ0n) is 16.5. The molecule has 0 saturated heterocycles. The molecule has 7 nitrogen and oxygen atoms in total. The second kappa shape index (κ2) is 8.46. The second-order valence-corrected chi connectivity index (χ2v) is 7.66. The number of carbonyl (C=O) groups is 1. The molecule has 0 aliphatic heterocycles. The number of nitrogens with zero attached hydrogens (tertiary/aromatic N) is 3. The molecule has 8 heteroatoms. The predicted octanol–water partition coefficient (Wildman–Crippen LogP) is 4.12. The summed E-state index contributed by atoms with van der Waals surface area (Å²) in [6.45, 7) is 3.97. The highest BCUT2D eigenvalue weighted by molar-refractivity contribution is 7.21. The average Bonchev–Trinajstić information content (AvgIpc) is 3.21. The van der Waals surface area contributed by atoms with Crippen molar-refractivity contribution in [2.45, 2.75) is 19.9 Å². The number of ether oxygens (including phenoxy) is 1. The van der Waals surface area contributed by atoms with Gasteiger partial charge in [0.2, 0.25) is 5.91 Å². The first-order chi connectivity index (χ1) is 14.6. The van der Waals surface area contributed by atoms with E-state index < -0.39 is 6.04 Å². The molecule has 0 spiro atoms. The molecule has 152 valence electrons. The number of hydrogen-bond acceptors (Lipinski definition) is 6. The minimum atomic E-state index is -0.843. The van der Waals surface area contributed by atoms with E-state index in [0.29, 0.717) is 28.3 Å². The van der Waals surface area contributed by atoms with Crippen LogP contribution in [0.1, 0.15) is 19.9 Å². The van der Waals surface area contributed by atoms with E-state index in [0.717, 1.165) is 15.1 Å². The van der Waals surface area contributed by atoms with Crippen molar-refractivity contribution in [2.75, 3.05) is 11.9 Å². The zero-order chi connectivity index (χ0) is 21.1. The van der Waals surface area contributed by atoms with Gasteiger partial charge >= 0.3 is 0 Å². The van der Waals surface area contributed by atoms with Gasteiger partial charge in [0.25, 0.3) is 5.56 Å². The van der Waals surface area contributed by atoms with Gasteiger partial charge in [-0.1, -0.05) is 47.7 Å². The summed E-state index contributed by atoms with van der Waals surface area (Å²) in [4.78, 5) is 27.3.